The summed E-state index contributed by atoms with van der Waals surface area (Å²) in [4.78, 5) is 13.4. The first-order valence-corrected chi connectivity index (χ1v) is 5.71. The Kier molecular flexibility index (Phi) is 2.01. The highest BCUT2D eigenvalue weighted by Crippen LogP contribution is 2.27. The fourth-order valence-corrected chi connectivity index (χ4v) is 2.61. The van der Waals surface area contributed by atoms with Crippen LogP contribution in [-0.2, 0) is 17.6 Å². The molecule has 0 unspecified atom stereocenters. The molecule has 2 heteroatoms. The van der Waals surface area contributed by atoms with Gasteiger partial charge in [0.1, 0.15) is 0 Å². The van der Waals surface area contributed by atoms with E-state index in [0.29, 0.717) is 12.3 Å². The SMILES string of the molecule is O=C1CCN(c2ccc3c(c2)CCC3)C1. The summed E-state index contributed by atoms with van der Waals surface area (Å²) in [6.45, 7) is 1.51. The van der Waals surface area contributed by atoms with Crippen LogP contribution >= 0.6 is 0 Å². The average molecular weight is 201 g/mol. The van der Waals surface area contributed by atoms with Crippen LogP contribution in [0.25, 0.3) is 0 Å². The number of carbonyl (C=O) groups is 1. The zero-order valence-electron chi connectivity index (χ0n) is 8.83. The topological polar surface area (TPSA) is 20.3 Å². The molecule has 2 aliphatic rings. The normalized spacial score (nSPS) is 19.7. The molecule has 1 saturated heterocycles. The van der Waals surface area contributed by atoms with Gasteiger partial charge in [0.15, 0.2) is 5.78 Å². The van der Waals surface area contributed by atoms with Crippen LogP contribution in [0.3, 0.4) is 0 Å². The van der Waals surface area contributed by atoms with Crippen molar-refractivity contribution in [3.8, 4) is 0 Å². The van der Waals surface area contributed by atoms with E-state index >= 15 is 0 Å². The molecule has 1 aromatic carbocycles. The summed E-state index contributed by atoms with van der Waals surface area (Å²) in [5.74, 6) is 0.371. The molecule has 0 atom stereocenters. The van der Waals surface area contributed by atoms with Gasteiger partial charge in [-0.15, -0.1) is 0 Å². The molecule has 1 aliphatic heterocycles. The molecule has 0 radical (unpaired) electrons. The Morgan fingerprint density at radius 1 is 1.07 bits per heavy atom. The highest BCUT2D eigenvalue weighted by molar-refractivity contribution is 5.87. The van der Waals surface area contributed by atoms with Crippen molar-refractivity contribution < 1.29 is 4.79 Å². The molecule has 2 nitrogen and oxygen atoms in total. The van der Waals surface area contributed by atoms with Crippen LogP contribution in [0.15, 0.2) is 18.2 Å². The number of fused-ring (bicyclic) bond motifs is 1. The molecule has 1 aromatic rings. The van der Waals surface area contributed by atoms with Crippen LogP contribution in [-0.4, -0.2) is 18.9 Å². The summed E-state index contributed by atoms with van der Waals surface area (Å²) in [7, 11) is 0. The quantitative estimate of drug-likeness (QED) is 0.692. The third kappa shape index (κ3) is 1.54. The zero-order valence-corrected chi connectivity index (χ0v) is 8.83. The smallest absolute Gasteiger partial charge is 0.153 e. The molecule has 1 fully saturated rings. The Hall–Kier alpha value is -1.31. The lowest BCUT2D eigenvalue weighted by atomic mass is 10.1. The van der Waals surface area contributed by atoms with E-state index in [-0.39, 0.29) is 0 Å². The van der Waals surface area contributed by atoms with Crippen molar-refractivity contribution in [3.63, 3.8) is 0 Å². The Labute approximate surface area is 89.9 Å². The summed E-state index contributed by atoms with van der Waals surface area (Å²) in [6, 6.07) is 6.68. The minimum atomic E-state index is 0.371. The predicted molar refractivity (Wildman–Crippen MR) is 60.3 cm³/mol. The number of benzene rings is 1. The van der Waals surface area contributed by atoms with Gasteiger partial charge in [0.2, 0.25) is 0 Å². The maximum absolute atomic E-state index is 11.2. The Bertz CT molecular complexity index is 411. The largest absolute Gasteiger partial charge is 0.364 e. The highest BCUT2D eigenvalue weighted by atomic mass is 16.1. The first kappa shape index (κ1) is 8.96. The number of hydrogen-bond donors (Lipinski definition) is 0. The van der Waals surface area contributed by atoms with E-state index in [9.17, 15) is 4.79 Å². The monoisotopic (exact) mass is 201 g/mol. The molecule has 3 rings (SSSR count). The number of aryl methyl sites for hydroxylation is 2. The lowest BCUT2D eigenvalue weighted by Gasteiger charge is -2.17. The molecule has 0 N–H and O–H groups in total. The first-order chi connectivity index (χ1) is 7.33. The summed E-state index contributed by atoms with van der Waals surface area (Å²) in [5.41, 5.74) is 4.23. The van der Waals surface area contributed by atoms with Crippen LogP contribution in [0.2, 0.25) is 0 Å². The van der Waals surface area contributed by atoms with E-state index in [0.717, 1.165) is 13.0 Å². The van der Waals surface area contributed by atoms with Crippen molar-refractivity contribution in [2.45, 2.75) is 25.7 Å². The zero-order chi connectivity index (χ0) is 10.3. The van der Waals surface area contributed by atoms with Crippen molar-refractivity contribution >= 4 is 11.5 Å². The number of anilines is 1. The van der Waals surface area contributed by atoms with Crippen molar-refractivity contribution in [2.75, 3.05) is 18.0 Å². The van der Waals surface area contributed by atoms with E-state index in [1.54, 1.807) is 0 Å². The Balaban J connectivity index is 1.89. The van der Waals surface area contributed by atoms with Crippen LogP contribution in [0.1, 0.15) is 24.0 Å². The summed E-state index contributed by atoms with van der Waals surface area (Å²) < 4.78 is 0. The van der Waals surface area contributed by atoms with Gasteiger partial charge in [-0.3, -0.25) is 4.79 Å². The minimum absolute atomic E-state index is 0.371. The molecule has 1 aliphatic carbocycles. The van der Waals surface area contributed by atoms with Crippen molar-refractivity contribution in [1.29, 1.82) is 0 Å². The lowest BCUT2D eigenvalue weighted by Crippen LogP contribution is -2.19. The van der Waals surface area contributed by atoms with Crippen molar-refractivity contribution in [3.05, 3.63) is 29.3 Å². The second-order valence-corrected chi connectivity index (χ2v) is 4.52. The molecule has 0 aromatic heterocycles. The molecular weight excluding hydrogens is 186 g/mol. The maximum Gasteiger partial charge on any atom is 0.153 e. The van der Waals surface area contributed by atoms with Crippen molar-refractivity contribution in [1.82, 2.24) is 0 Å². The number of carbonyl (C=O) groups excluding carboxylic acids is 1. The number of Topliss-reactive ketones (excluding diaryl/α,β-unsaturated/α-hetero) is 1. The van der Waals surface area contributed by atoms with E-state index < -0.39 is 0 Å². The van der Waals surface area contributed by atoms with Gasteiger partial charge in [0.05, 0.1) is 6.54 Å². The molecule has 0 amide bonds. The van der Waals surface area contributed by atoms with E-state index in [4.69, 9.17) is 0 Å². The summed E-state index contributed by atoms with van der Waals surface area (Å²) in [5, 5.41) is 0. The van der Waals surface area contributed by atoms with Gasteiger partial charge < -0.3 is 4.90 Å². The van der Waals surface area contributed by atoms with Crippen LogP contribution in [0.4, 0.5) is 5.69 Å². The standard InChI is InChI=1S/C13H15NO/c15-13-6-7-14(9-13)12-5-4-10-2-1-3-11(10)8-12/h4-5,8H,1-3,6-7,9H2. The summed E-state index contributed by atoms with van der Waals surface area (Å²) >= 11 is 0. The van der Waals surface area contributed by atoms with E-state index in [1.165, 1.54) is 36.1 Å². The second-order valence-electron chi connectivity index (χ2n) is 4.52. The van der Waals surface area contributed by atoms with Gasteiger partial charge in [-0.05, 0) is 42.5 Å². The van der Waals surface area contributed by atoms with Crippen molar-refractivity contribution in [2.24, 2.45) is 0 Å². The average Bonchev–Trinajstić information content (AvgIpc) is 2.84. The first-order valence-electron chi connectivity index (χ1n) is 5.71. The van der Waals surface area contributed by atoms with Gasteiger partial charge in [-0.1, -0.05) is 6.07 Å². The molecule has 0 saturated carbocycles. The molecule has 15 heavy (non-hydrogen) atoms. The third-order valence-electron chi connectivity index (χ3n) is 3.47. The van der Waals surface area contributed by atoms with Gasteiger partial charge in [-0.2, -0.15) is 0 Å². The van der Waals surface area contributed by atoms with Crippen LogP contribution in [0, 0.1) is 0 Å². The maximum atomic E-state index is 11.2. The Morgan fingerprint density at radius 2 is 1.93 bits per heavy atom. The minimum Gasteiger partial charge on any atom is -0.364 e. The number of nitrogens with zero attached hydrogens (tertiary/aromatic N) is 1. The van der Waals surface area contributed by atoms with Gasteiger partial charge in [0, 0.05) is 18.7 Å². The molecule has 78 valence electrons. The molecule has 1 heterocycles. The lowest BCUT2D eigenvalue weighted by molar-refractivity contribution is -0.116. The highest BCUT2D eigenvalue weighted by Gasteiger charge is 2.20. The molecule has 0 bridgehead atoms. The number of hydrogen-bond acceptors (Lipinski definition) is 2. The van der Waals surface area contributed by atoms with Crippen LogP contribution < -0.4 is 4.90 Å². The fraction of sp³-hybridized carbons (Fsp3) is 0.462. The Morgan fingerprint density at radius 3 is 2.73 bits per heavy atom. The van der Waals surface area contributed by atoms with Gasteiger partial charge >= 0.3 is 0 Å². The fourth-order valence-electron chi connectivity index (χ4n) is 2.61. The van der Waals surface area contributed by atoms with Gasteiger partial charge in [-0.25, -0.2) is 0 Å². The second kappa shape index (κ2) is 3.37. The summed E-state index contributed by atoms with van der Waals surface area (Å²) in [6.07, 6.45) is 4.45. The molecular formula is C13H15NO. The predicted octanol–water partition coefficient (Wildman–Crippen LogP) is 1.95. The number of ketones is 1. The van der Waals surface area contributed by atoms with E-state index in [2.05, 4.69) is 23.1 Å². The number of rotatable bonds is 1. The van der Waals surface area contributed by atoms with Crippen LogP contribution in [0.5, 0.6) is 0 Å². The third-order valence-corrected chi connectivity index (χ3v) is 3.47. The molecule has 0 spiro atoms. The van der Waals surface area contributed by atoms with E-state index in [1.807, 2.05) is 0 Å². The van der Waals surface area contributed by atoms with Gasteiger partial charge in [0.25, 0.3) is 0 Å².